The molecule has 3 atom stereocenters. The number of fused-ring (bicyclic) bond motifs is 1. The molecule has 1 aromatic carbocycles. The Morgan fingerprint density at radius 1 is 1.36 bits per heavy atom. The standard InChI is InChI=1S/C24H27N5O4/c1-14-19(28-21(31)18(20(14)30)22(32)33)15-7-9-16(10-8-15)29-12-23(26-3)11-5-6-17(25-2)24(23,13-29)27-4/h3,7-10,17,25H,4-6,11-13H2,1-2H3,(H2-,28,30,31,32,33)/p+1. The van der Waals surface area contributed by atoms with Gasteiger partial charge in [-0.1, -0.05) is 17.0 Å². The molecule has 2 fully saturated rings. The number of carbonyl (C=O) groups is 1. The van der Waals surface area contributed by atoms with E-state index in [-0.39, 0.29) is 6.04 Å². The third-order valence-electron chi connectivity index (χ3n) is 7.40. The summed E-state index contributed by atoms with van der Waals surface area (Å²) in [6.45, 7) is 12.7. The molecule has 2 aliphatic rings. The molecular formula is C24H28N5O4+. The molecule has 9 heteroatoms. The number of carboxylic acids is 1. The number of nitrogens with one attached hydrogen (secondary N) is 2. The van der Waals surface area contributed by atoms with E-state index in [9.17, 15) is 19.8 Å². The molecule has 4 rings (SSSR count). The van der Waals surface area contributed by atoms with E-state index in [4.69, 9.17) is 6.57 Å². The van der Waals surface area contributed by atoms with Gasteiger partial charge >= 0.3 is 11.5 Å². The smallest absolute Gasteiger partial charge is 0.345 e. The second-order valence-corrected chi connectivity index (χ2v) is 8.86. The summed E-state index contributed by atoms with van der Waals surface area (Å²) in [7, 11) is 1.93. The maximum atomic E-state index is 12.2. The summed E-state index contributed by atoms with van der Waals surface area (Å²) < 4.78 is 0. The highest BCUT2D eigenvalue weighted by molar-refractivity contribution is 5.91. The van der Waals surface area contributed by atoms with Crippen molar-refractivity contribution in [1.29, 1.82) is 0 Å². The summed E-state index contributed by atoms with van der Waals surface area (Å²) in [5.74, 6) is -2.00. The number of aromatic hydroxyl groups is 1. The molecule has 3 unspecified atom stereocenters. The van der Waals surface area contributed by atoms with Gasteiger partial charge in [-0.25, -0.2) is 4.79 Å². The number of carboxylic acid groups (broad SMARTS) is 1. The number of hydrogen-bond acceptors (Lipinski definition) is 6. The molecule has 4 N–H and O–H groups in total. The molecule has 2 heterocycles. The number of pyridine rings is 1. The highest BCUT2D eigenvalue weighted by Crippen LogP contribution is 2.49. The van der Waals surface area contributed by atoms with Crippen LogP contribution in [-0.2, 0) is 0 Å². The van der Waals surface area contributed by atoms with Crippen LogP contribution < -0.4 is 15.8 Å². The number of anilines is 1. The lowest BCUT2D eigenvalue weighted by Gasteiger charge is -2.40. The van der Waals surface area contributed by atoms with Crippen molar-refractivity contribution < 1.29 is 15.0 Å². The van der Waals surface area contributed by atoms with Gasteiger partial charge in [0.05, 0.1) is 12.2 Å². The van der Waals surface area contributed by atoms with E-state index in [2.05, 4.69) is 31.8 Å². The van der Waals surface area contributed by atoms with E-state index in [1.165, 1.54) is 0 Å². The molecule has 0 radical (unpaired) electrons. The van der Waals surface area contributed by atoms with Gasteiger partial charge in [-0.3, -0.25) is 9.79 Å². The molecule has 172 valence electrons. The van der Waals surface area contributed by atoms with Crippen molar-refractivity contribution in [2.75, 3.05) is 25.0 Å². The van der Waals surface area contributed by atoms with E-state index in [0.29, 0.717) is 29.9 Å². The normalized spacial score (nSPS) is 26.5. The van der Waals surface area contributed by atoms with Gasteiger partial charge in [-0.15, -0.1) is 0 Å². The maximum absolute atomic E-state index is 12.2. The summed E-state index contributed by atoms with van der Waals surface area (Å²) >= 11 is 0. The number of nitrogens with zero attached hydrogens (tertiary/aromatic N) is 3. The quantitative estimate of drug-likeness (QED) is 0.519. The number of rotatable bonds is 5. The van der Waals surface area contributed by atoms with E-state index in [0.717, 1.165) is 24.9 Å². The van der Waals surface area contributed by atoms with Crippen molar-refractivity contribution in [3.8, 4) is 23.6 Å². The lowest BCUT2D eigenvalue weighted by molar-refractivity contribution is 0.0691. The molecule has 2 aromatic rings. The molecule has 1 aliphatic carbocycles. The van der Waals surface area contributed by atoms with E-state index < -0.39 is 33.9 Å². The zero-order chi connectivity index (χ0) is 24.0. The number of aromatic amines is 1. The Bertz CT molecular complexity index is 1220. The van der Waals surface area contributed by atoms with Gasteiger partial charge < -0.3 is 25.4 Å². The Kier molecular flexibility index (Phi) is 5.50. The van der Waals surface area contributed by atoms with Crippen molar-refractivity contribution in [1.82, 2.24) is 10.3 Å². The van der Waals surface area contributed by atoms with Crippen LogP contribution in [0.3, 0.4) is 0 Å². The Morgan fingerprint density at radius 3 is 2.64 bits per heavy atom. The first-order valence-electron chi connectivity index (χ1n) is 10.9. The number of benzene rings is 1. The summed E-state index contributed by atoms with van der Waals surface area (Å²) in [5, 5.41) is 22.8. The van der Waals surface area contributed by atoms with E-state index in [1.807, 2.05) is 31.3 Å². The number of aliphatic imine (C=N–C) groups is 1. The molecular weight excluding hydrogens is 422 g/mol. The van der Waals surface area contributed by atoms with Gasteiger partial charge in [0.25, 0.3) is 12.1 Å². The van der Waals surface area contributed by atoms with Crippen molar-refractivity contribution in [2.45, 2.75) is 43.3 Å². The molecule has 33 heavy (non-hydrogen) atoms. The average Bonchev–Trinajstić information content (AvgIpc) is 3.17. The van der Waals surface area contributed by atoms with Crippen LogP contribution in [0.2, 0.25) is 0 Å². The van der Waals surface area contributed by atoms with Crippen molar-refractivity contribution in [3.05, 3.63) is 50.6 Å². The summed E-state index contributed by atoms with van der Waals surface area (Å²) in [6.07, 6.45) is 2.81. The number of likely N-dealkylation sites (N-methyl/N-ethyl adjacent to an activating group) is 1. The minimum atomic E-state index is -1.47. The van der Waals surface area contributed by atoms with Gasteiger partial charge in [-0.2, -0.15) is 0 Å². The summed E-state index contributed by atoms with van der Waals surface area (Å²) in [4.78, 5) is 37.2. The molecule has 1 saturated carbocycles. The molecule has 1 saturated heterocycles. The highest BCUT2D eigenvalue weighted by atomic mass is 16.4. The zero-order valence-electron chi connectivity index (χ0n) is 18.8. The third kappa shape index (κ3) is 3.21. The monoisotopic (exact) mass is 450 g/mol. The Labute approximate surface area is 191 Å². The van der Waals surface area contributed by atoms with Crippen molar-refractivity contribution >= 4 is 18.4 Å². The van der Waals surface area contributed by atoms with Crippen LogP contribution in [0.25, 0.3) is 16.1 Å². The zero-order valence-corrected chi connectivity index (χ0v) is 18.8. The fraction of sp³-hybridized carbons (Fsp3) is 0.417. The van der Waals surface area contributed by atoms with Crippen LogP contribution in [0.15, 0.2) is 34.1 Å². The SMILES string of the molecule is C#[N+]C12CCCC(NC)C1(N=C)CN(c1ccc(-c3[nH]c(=O)c(C(=O)O)c(O)c3C)cc1)C2. The predicted octanol–water partition coefficient (Wildman–Crippen LogP) is 2.49. The van der Waals surface area contributed by atoms with Crippen LogP contribution >= 0.6 is 0 Å². The molecule has 9 nitrogen and oxygen atoms in total. The summed E-state index contributed by atoms with van der Waals surface area (Å²) in [6, 6.07) is 7.60. The molecule has 0 bridgehead atoms. The topological polar surface area (TPSA) is 122 Å². The van der Waals surface area contributed by atoms with Gasteiger partial charge in [-0.05, 0) is 51.2 Å². The lowest BCUT2D eigenvalue weighted by Crippen LogP contribution is -2.63. The first-order valence-corrected chi connectivity index (χ1v) is 10.9. The average molecular weight is 451 g/mol. The number of H-pyrrole nitrogens is 1. The highest BCUT2D eigenvalue weighted by Gasteiger charge is 2.70. The van der Waals surface area contributed by atoms with Crippen LogP contribution in [0.4, 0.5) is 5.69 Å². The minimum Gasteiger partial charge on any atom is -0.506 e. The van der Waals surface area contributed by atoms with E-state index in [1.54, 1.807) is 6.92 Å². The first-order chi connectivity index (χ1) is 15.7. The number of hydrogen-bond donors (Lipinski definition) is 4. The predicted molar refractivity (Wildman–Crippen MR) is 128 cm³/mol. The third-order valence-corrected chi connectivity index (χ3v) is 7.40. The van der Waals surface area contributed by atoms with E-state index >= 15 is 0 Å². The molecule has 1 aromatic heterocycles. The fourth-order valence-electron chi connectivity index (χ4n) is 5.61. The van der Waals surface area contributed by atoms with Crippen LogP contribution in [-0.4, -0.2) is 65.1 Å². The number of aromatic nitrogens is 1. The van der Waals surface area contributed by atoms with Crippen molar-refractivity contribution in [2.24, 2.45) is 4.99 Å². The Hall–Kier alpha value is -3.64. The minimum absolute atomic E-state index is 0.115. The molecule has 0 amide bonds. The second-order valence-electron chi connectivity index (χ2n) is 8.86. The lowest BCUT2D eigenvalue weighted by atomic mass is 9.66. The van der Waals surface area contributed by atoms with Gasteiger partial charge in [0, 0.05) is 23.7 Å². The first kappa shape index (κ1) is 22.6. The molecule has 1 aliphatic heterocycles. The van der Waals surface area contributed by atoms with Crippen LogP contribution in [0.5, 0.6) is 5.75 Å². The van der Waals surface area contributed by atoms with Gasteiger partial charge in [0.2, 0.25) is 0 Å². The van der Waals surface area contributed by atoms with Gasteiger partial charge in [0.15, 0.2) is 11.1 Å². The second kappa shape index (κ2) is 8.05. The van der Waals surface area contributed by atoms with Gasteiger partial charge in [0.1, 0.15) is 12.3 Å². The number of aromatic carboxylic acids is 1. The summed E-state index contributed by atoms with van der Waals surface area (Å²) in [5.41, 5.74) is -0.313. The van der Waals surface area contributed by atoms with Crippen LogP contribution in [0.1, 0.15) is 35.2 Å². The van der Waals surface area contributed by atoms with Crippen LogP contribution in [0, 0.1) is 13.5 Å². The Morgan fingerprint density at radius 2 is 2.06 bits per heavy atom. The maximum Gasteiger partial charge on any atom is 0.345 e. The Balaban J connectivity index is 1.69. The fourth-order valence-corrected chi connectivity index (χ4v) is 5.61. The largest absolute Gasteiger partial charge is 0.506 e. The van der Waals surface area contributed by atoms with Crippen molar-refractivity contribution in [3.63, 3.8) is 0 Å². The molecule has 0 spiro atoms.